The Kier molecular flexibility index (Phi) is 20.0. The fraction of sp³-hybridized carbons (Fsp3) is 0.0469. The van der Waals surface area contributed by atoms with Gasteiger partial charge >= 0.3 is 18.5 Å². The molecule has 0 unspecified atom stereocenters. The number of nitrogens with zero attached hydrogens (tertiary/aromatic N) is 10. The maximum atomic E-state index is 18.0. The first-order valence-corrected chi connectivity index (χ1v) is 48.7. The number of rotatable bonds is 8. The summed E-state index contributed by atoms with van der Waals surface area (Å²) in [6, 6.07) is 128. The Labute approximate surface area is 844 Å². The van der Waals surface area contributed by atoms with Crippen molar-refractivity contribution in [3.63, 3.8) is 0 Å². The van der Waals surface area contributed by atoms with Crippen LogP contribution in [-0.2, 0) is 18.5 Å². The number of benzene rings is 20. The van der Waals surface area contributed by atoms with E-state index in [0.29, 0.717) is 78.0 Å². The van der Waals surface area contributed by atoms with Crippen LogP contribution in [-0.4, -0.2) is 41.5 Å². The molecule has 0 aliphatic heterocycles. The van der Waals surface area contributed by atoms with E-state index in [-0.39, 0.29) is 50.0 Å². The molecule has 720 valence electrons. The van der Waals surface area contributed by atoms with E-state index in [0.717, 1.165) is 172 Å². The summed E-state index contributed by atoms with van der Waals surface area (Å²) in [5, 5.41) is 37.9. The Morgan fingerprint density at radius 2 is 0.360 bits per heavy atom. The van der Waals surface area contributed by atoms with Gasteiger partial charge in [-0.05, 0) is 185 Å². The maximum Gasteiger partial charge on any atom is 0.416 e. The van der Waals surface area contributed by atoms with E-state index in [2.05, 4.69) is 122 Å². The molecule has 29 rings (SSSR count). The lowest BCUT2D eigenvalue weighted by molar-refractivity contribution is -0.138. The molecule has 22 heteroatoms. The van der Waals surface area contributed by atoms with Gasteiger partial charge in [-0.1, -0.05) is 253 Å². The normalized spacial score (nSPS) is 12.3. The van der Waals surface area contributed by atoms with Gasteiger partial charge in [-0.3, -0.25) is 0 Å². The summed E-state index contributed by atoms with van der Waals surface area (Å²) in [7, 11) is 0. The van der Waals surface area contributed by atoms with Crippen LogP contribution in [0.25, 0.3) is 242 Å². The third-order valence-electron chi connectivity index (χ3n) is 29.7. The summed E-state index contributed by atoms with van der Waals surface area (Å²) >= 11 is 0. The predicted octanol–water partition coefficient (Wildman–Crippen LogP) is 35.5. The highest BCUT2D eigenvalue weighted by Crippen LogP contribution is 2.55. The largest absolute Gasteiger partial charge is 0.416 e. The Bertz CT molecular complexity index is 10400. The Balaban J connectivity index is 0.000000138. The summed E-state index contributed by atoms with van der Waals surface area (Å²) in [6.07, 6.45) is -14.0. The molecule has 150 heavy (non-hydrogen) atoms. The predicted molar refractivity (Wildman–Crippen MR) is 582 cm³/mol. The zero-order valence-electron chi connectivity index (χ0n) is 79.7. The number of H-pyrrole nitrogens is 1. The van der Waals surface area contributed by atoms with Gasteiger partial charge in [0.15, 0.2) is 11.6 Å². The summed E-state index contributed by atoms with van der Waals surface area (Å²) < 4.78 is 181. The van der Waals surface area contributed by atoms with E-state index in [1.54, 1.807) is 13.7 Å². The number of aryl methyl sites for hydroxylation is 3. The van der Waals surface area contributed by atoms with Crippen molar-refractivity contribution < 1.29 is 48.3 Å². The number of aromatic nitrogens is 9. The third kappa shape index (κ3) is 13.4. The Morgan fingerprint density at radius 3 is 0.620 bits per heavy atom. The molecule has 20 aromatic carbocycles. The number of alkyl halides is 9. The first-order valence-electron chi connectivity index (χ1n) is 48.7. The molecule has 0 amide bonds. The second-order valence-corrected chi connectivity index (χ2v) is 38.2. The van der Waals surface area contributed by atoms with E-state index in [4.69, 9.17) is 0 Å². The summed E-state index contributed by atoms with van der Waals surface area (Å²) in [5.74, 6) is -1.65. The van der Waals surface area contributed by atoms with Crippen LogP contribution in [0.2, 0.25) is 0 Å². The van der Waals surface area contributed by atoms with Gasteiger partial charge in [0.25, 0.3) is 0 Å². The van der Waals surface area contributed by atoms with E-state index in [1.165, 1.54) is 24.3 Å². The average Bonchev–Trinajstić information content (AvgIpc) is 1.51. The summed E-state index contributed by atoms with van der Waals surface area (Å²) in [6.45, 7) is 6.02. The fourth-order valence-corrected chi connectivity index (χ4v) is 23.5. The van der Waals surface area contributed by atoms with Gasteiger partial charge in [0, 0.05) is 108 Å². The minimum atomic E-state index is -4.86. The van der Waals surface area contributed by atoms with Crippen molar-refractivity contribution in [3.8, 4) is 57.6 Å². The molecule has 0 saturated heterocycles. The van der Waals surface area contributed by atoms with Gasteiger partial charge in [-0.15, -0.1) is 0 Å². The zero-order valence-corrected chi connectivity index (χ0v) is 79.7. The van der Waals surface area contributed by atoms with E-state index in [9.17, 15) is 23.7 Å². The Morgan fingerprint density at radius 1 is 0.187 bits per heavy atom. The standard InChI is InChI=1S/C71H42F6N6.C43H24F2N4.C14H10F3N/c1-40-27-31-61-50(35-40)51-36-41(2)28-32-62(51)82(61)67-65(79-55-21-9-3-15-44(55)45-16-4-10-22-56(45)79)54(39-78)66(80-57-23-11-5-17-46(57)47-18-6-12-24-58(47)80)68(69(67)81-59-25-13-7-19-48(59)49-20-8-14-26-60(49)81)83-63-33-29-42(70(72,73)74)37-52(63)53-38-43(71(75,76)77)30-34-64(53)83;44-39-41(47-33-19-7-1-13-26(33)27-14-2-8-20-34(27)47)32(25-46)42(48-35-21-9-3-15-28(35)29-16-4-10-22-36(29)48)40(45)43(39)49-37-23-11-5-17-30(37)31-18-6-12-24-38(31)49;1-8-2-4-12-10(6-8)11-7-9(14(15,16)17)3-5-13(11)18-12/h3-38H,1-2H3;1-24H;2-7,18H,1H3. The van der Waals surface area contributed by atoms with Crippen molar-refractivity contribution in [2.24, 2.45) is 0 Å². The van der Waals surface area contributed by atoms with Crippen molar-refractivity contribution in [2.75, 3.05) is 0 Å². The zero-order chi connectivity index (χ0) is 102. The highest BCUT2D eigenvalue weighted by Gasteiger charge is 2.41. The number of hydrogen-bond donors (Lipinski definition) is 1. The number of para-hydroxylation sites is 12. The third-order valence-corrected chi connectivity index (χ3v) is 29.7. The summed E-state index contributed by atoms with van der Waals surface area (Å²) in [5.41, 5.74) is 14.7. The van der Waals surface area contributed by atoms with E-state index >= 15 is 35.1 Å². The summed E-state index contributed by atoms with van der Waals surface area (Å²) in [4.78, 5) is 3.12. The molecular weight excluding hydrogens is 1900 g/mol. The highest BCUT2D eigenvalue weighted by atomic mass is 19.4. The molecule has 1 N–H and O–H groups in total. The molecule has 9 heterocycles. The van der Waals surface area contributed by atoms with Crippen LogP contribution in [0.15, 0.2) is 400 Å². The van der Waals surface area contributed by atoms with Crippen LogP contribution in [0, 0.1) is 55.1 Å². The highest BCUT2D eigenvalue weighted by molar-refractivity contribution is 6.21. The van der Waals surface area contributed by atoms with Crippen LogP contribution in [0.3, 0.4) is 0 Å². The maximum absolute atomic E-state index is 18.0. The van der Waals surface area contributed by atoms with Crippen LogP contribution < -0.4 is 0 Å². The van der Waals surface area contributed by atoms with Gasteiger partial charge in [0.1, 0.15) is 40.3 Å². The molecule has 0 radical (unpaired) electrons. The van der Waals surface area contributed by atoms with Crippen molar-refractivity contribution in [3.05, 3.63) is 457 Å². The number of nitrogens with one attached hydrogen (secondary N) is 1. The van der Waals surface area contributed by atoms with Gasteiger partial charge < -0.3 is 41.5 Å². The second kappa shape index (κ2) is 33.4. The van der Waals surface area contributed by atoms with Crippen LogP contribution in [0.1, 0.15) is 44.5 Å². The van der Waals surface area contributed by atoms with Gasteiger partial charge in [-0.25, -0.2) is 8.78 Å². The quantitative estimate of drug-likeness (QED) is 0.153. The molecule has 29 aromatic rings. The first kappa shape index (κ1) is 89.6. The van der Waals surface area contributed by atoms with E-state index in [1.807, 2.05) is 284 Å². The molecule has 0 atom stereocenters. The number of aromatic amines is 1. The van der Waals surface area contributed by atoms with Crippen LogP contribution in [0.4, 0.5) is 48.3 Å². The SMILES string of the molecule is Cc1ccc2[nH]c3ccc(C(F)(F)F)cc3c2c1.Cc1ccc2c(c1)c1cc(C)ccc1n2-c1c(-n2c3ccccc3c3ccccc32)c(C#N)c(-n2c3ccccc3c3ccccc32)c(-n2c3ccc(C(F)(F)F)cc3c3cc(C(F)(F)F)ccc32)c1-n1c2ccccc2c2ccccc21.N#Cc1c(-n2c3ccccc3c3ccccc32)c(F)c(-n2c3ccccc3c3ccccc32)c(F)c1-n1c2ccccc2c2ccccc21. The second-order valence-electron chi connectivity index (χ2n) is 38.2. The molecular formula is C128H76F11N11. The van der Waals surface area contributed by atoms with Crippen molar-refractivity contribution >= 4 is 196 Å². The van der Waals surface area contributed by atoms with E-state index < -0.39 is 46.9 Å². The number of fused-ring (bicyclic) bond motifs is 27. The topological polar surface area (TPSA) is 103 Å². The molecule has 0 saturated carbocycles. The molecule has 11 nitrogen and oxygen atoms in total. The van der Waals surface area contributed by atoms with Gasteiger partial charge in [0.05, 0.1) is 133 Å². The fourth-order valence-electron chi connectivity index (χ4n) is 23.5. The van der Waals surface area contributed by atoms with Gasteiger partial charge in [0.2, 0.25) is 0 Å². The lowest BCUT2D eigenvalue weighted by atomic mass is 10.0. The smallest absolute Gasteiger partial charge is 0.355 e. The van der Waals surface area contributed by atoms with Crippen molar-refractivity contribution in [1.82, 2.24) is 41.5 Å². The molecule has 0 spiro atoms. The van der Waals surface area contributed by atoms with Crippen molar-refractivity contribution in [1.29, 1.82) is 10.5 Å². The van der Waals surface area contributed by atoms with Crippen LogP contribution in [0.5, 0.6) is 0 Å². The lowest BCUT2D eigenvalue weighted by Crippen LogP contribution is -2.19. The van der Waals surface area contributed by atoms with Crippen LogP contribution >= 0.6 is 0 Å². The van der Waals surface area contributed by atoms with Gasteiger partial charge in [-0.2, -0.15) is 50.0 Å². The average molecular weight is 1980 g/mol. The molecule has 0 fully saturated rings. The number of hydrogen-bond acceptors (Lipinski definition) is 2. The minimum Gasteiger partial charge on any atom is -0.355 e. The molecule has 0 aliphatic carbocycles. The lowest BCUT2D eigenvalue weighted by Gasteiger charge is -2.30. The molecule has 0 aliphatic rings. The van der Waals surface area contributed by atoms with Crippen molar-refractivity contribution in [2.45, 2.75) is 39.3 Å². The number of nitriles is 2. The first-order chi connectivity index (χ1) is 72.9. The molecule has 0 bridgehead atoms. The Hall–Kier alpha value is -19.2. The minimum absolute atomic E-state index is 0.00461. The monoisotopic (exact) mass is 1980 g/mol. The number of halogens is 11. The molecule has 9 aromatic heterocycles.